The van der Waals surface area contributed by atoms with Crippen LogP contribution in [-0.4, -0.2) is 31.7 Å². The summed E-state index contributed by atoms with van der Waals surface area (Å²) >= 11 is 0. The number of rotatable bonds is 10. The Labute approximate surface area is 142 Å². The lowest BCUT2D eigenvalue weighted by atomic mass is 9.54. The maximum Gasteiger partial charge on any atom is 0.135 e. The first kappa shape index (κ1) is 18.9. The molecular weight excluding hydrogens is 288 g/mol. The lowest BCUT2D eigenvalue weighted by molar-refractivity contribution is -0.122. The number of Topliss-reactive ketones (excluding diaryl/α,β-unsaturated/α-hetero) is 1. The molecule has 0 atom stereocenters. The fourth-order valence-corrected chi connectivity index (χ4v) is 4.04. The minimum absolute atomic E-state index is 0.159. The lowest BCUT2D eigenvalue weighted by Gasteiger charge is -2.53. The van der Waals surface area contributed by atoms with Crippen LogP contribution in [0.15, 0.2) is 0 Å². The van der Waals surface area contributed by atoms with Crippen molar-refractivity contribution in [2.24, 2.45) is 16.7 Å². The number of carbonyl (C=O) groups is 1. The molecule has 3 fully saturated rings. The van der Waals surface area contributed by atoms with E-state index >= 15 is 0 Å². The summed E-state index contributed by atoms with van der Waals surface area (Å²) in [4.78, 5) is 11.6. The summed E-state index contributed by atoms with van der Waals surface area (Å²) in [6.45, 7) is 10.8. The highest BCUT2D eigenvalue weighted by Gasteiger charge is 2.48. The van der Waals surface area contributed by atoms with Gasteiger partial charge in [0.05, 0.1) is 19.3 Å². The van der Waals surface area contributed by atoms with Gasteiger partial charge in [0.2, 0.25) is 0 Å². The first-order valence-corrected chi connectivity index (χ1v) is 9.59. The molecule has 2 bridgehead atoms. The summed E-state index contributed by atoms with van der Waals surface area (Å²) in [6, 6.07) is 0. The van der Waals surface area contributed by atoms with Crippen molar-refractivity contribution in [2.75, 3.05) is 19.8 Å². The predicted octanol–water partition coefficient (Wildman–Crippen LogP) is 4.77. The molecule has 3 aliphatic carbocycles. The minimum atomic E-state index is 0.159. The molecule has 0 aromatic carbocycles. The normalized spacial score (nSPS) is 30.3. The summed E-state index contributed by atoms with van der Waals surface area (Å²) in [6.07, 6.45) is 9.66. The first-order chi connectivity index (χ1) is 10.9. The lowest BCUT2D eigenvalue weighted by Crippen LogP contribution is -2.46. The molecule has 0 unspecified atom stereocenters. The van der Waals surface area contributed by atoms with Crippen LogP contribution in [0.1, 0.15) is 79.1 Å². The Morgan fingerprint density at radius 3 is 1.91 bits per heavy atom. The van der Waals surface area contributed by atoms with E-state index < -0.39 is 0 Å². The van der Waals surface area contributed by atoms with E-state index in [1.807, 2.05) is 13.8 Å². The molecule has 23 heavy (non-hydrogen) atoms. The van der Waals surface area contributed by atoms with Crippen molar-refractivity contribution in [1.29, 1.82) is 0 Å². The molecule has 0 radical (unpaired) electrons. The molecule has 0 spiro atoms. The monoisotopic (exact) mass is 324 g/mol. The second-order valence-corrected chi connectivity index (χ2v) is 8.64. The quantitative estimate of drug-likeness (QED) is 0.543. The number of hydrogen-bond acceptors (Lipinski definition) is 3. The van der Waals surface area contributed by atoms with Crippen molar-refractivity contribution < 1.29 is 14.3 Å². The summed E-state index contributed by atoms with van der Waals surface area (Å²) in [5, 5.41) is 0. The van der Waals surface area contributed by atoms with E-state index in [-0.39, 0.29) is 5.92 Å². The van der Waals surface area contributed by atoms with Crippen molar-refractivity contribution in [3.05, 3.63) is 0 Å². The molecule has 0 saturated heterocycles. The number of ketones is 1. The molecule has 3 heteroatoms. The zero-order chi connectivity index (χ0) is 16.9. The number of hydrogen-bond donors (Lipinski definition) is 0. The van der Waals surface area contributed by atoms with E-state index in [1.54, 1.807) is 0 Å². The van der Waals surface area contributed by atoms with Gasteiger partial charge >= 0.3 is 0 Å². The molecule has 0 aromatic heterocycles. The van der Waals surface area contributed by atoms with Gasteiger partial charge in [-0.25, -0.2) is 0 Å². The fraction of sp³-hybridized carbons (Fsp3) is 0.950. The van der Waals surface area contributed by atoms with E-state index in [9.17, 15) is 4.79 Å². The van der Waals surface area contributed by atoms with E-state index in [1.165, 1.54) is 38.5 Å². The van der Waals surface area contributed by atoms with Crippen LogP contribution in [0.25, 0.3) is 0 Å². The van der Waals surface area contributed by atoms with Crippen LogP contribution in [0.4, 0.5) is 0 Å². The summed E-state index contributed by atoms with van der Waals surface area (Å²) in [5.74, 6) is 0.517. The maximum absolute atomic E-state index is 11.6. The van der Waals surface area contributed by atoms with Crippen LogP contribution >= 0.6 is 0 Å². The Kier molecular flexibility index (Phi) is 6.67. The second-order valence-electron chi connectivity index (χ2n) is 8.64. The van der Waals surface area contributed by atoms with Gasteiger partial charge in [-0.15, -0.1) is 0 Å². The molecule has 0 N–H and O–H groups in total. The van der Waals surface area contributed by atoms with Crippen LogP contribution in [0.5, 0.6) is 0 Å². The topological polar surface area (TPSA) is 35.5 Å². The van der Waals surface area contributed by atoms with Gasteiger partial charge in [0, 0.05) is 18.9 Å². The van der Waals surface area contributed by atoms with E-state index in [2.05, 4.69) is 13.8 Å². The summed E-state index contributed by atoms with van der Waals surface area (Å²) in [7, 11) is 0. The van der Waals surface area contributed by atoms with E-state index in [4.69, 9.17) is 9.47 Å². The molecular formula is C20H36O3. The van der Waals surface area contributed by atoms with Gasteiger partial charge in [-0.05, 0) is 69.6 Å². The van der Waals surface area contributed by atoms with Gasteiger partial charge in [-0.1, -0.05) is 13.8 Å². The van der Waals surface area contributed by atoms with Gasteiger partial charge in [-0.3, -0.25) is 4.79 Å². The molecule has 0 amide bonds. The average Bonchev–Trinajstić information content (AvgIpc) is 2.54. The Morgan fingerprint density at radius 1 is 0.913 bits per heavy atom. The number of ether oxygens (including phenoxy) is 2. The Bertz CT molecular complexity index is 362. The van der Waals surface area contributed by atoms with Crippen LogP contribution in [-0.2, 0) is 14.3 Å². The van der Waals surface area contributed by atoms with Crippen LogP contribution in [0, 0.1) is 16.7 Å². The van der Waals surface area contributed by atoms with Crippen LogP contribution < -0.4 is 0 Å². The highest BCUT2D eigenvalue weighted by atomic mass is 16.5. The molecule has 0 aliphatic heterocycles. The first-order valence-electron chi connectivity index (χ1n) is 9.59. The predicted molar refractivity (Wildman–Crippen MR) is 93.6 cm³/mol. The molecule has 134 valence electrons. The molecule has 3 rings (SSSR count). The van der Waals surface area contributed by atoms with Crippen molar-refractivity contribution in [2.45, 2.75) is 85.2 Å². The van der Waals surface area contributed by atoms with Gasteiger partial charge in [0.25, 0.3) is 0 Å². The van der Waals surface area contributed by atoms with Crippen molar-refractivity contribution >= 4 is 5.78 Å². The molecule has 0 heterocycles. The van der Waals surface area contributed by atoms with Crippen LogP contribution in [0.2, 0.25) is 0 Å². The Morgan fingerprint density at radius 2 is 1.43 bits per heavy atom. The van der Waals surface area contributed by atoms with E-state index in [0.29, 0.717) is 29.1 Å². The zero-order valence-electron chi connectivity index (χ0n) is 15.7. The Hall–Kier alpha value is -0.410. The fourth-order valence-electron chi connectivity index (χ4n) is 4.04. The molecule has 3 aliphatic rings. The molecule has 3 saturated carbocycles. The zero-order valence-corrected chi connectivity index (χ0v) is 15.7. The van der Waals surface area contributed by atoms with Gasteiger partial charge in [-0.2, -0.15) is 0 Å². The Balaban J connectivity index is 1.66. The van der Waals surface area contributed by atoms with Crippen molar-refractivity contribution in [3.8, 4) is 0 Å². The minimum Gasteiger partial charge on any atom is -0.381 e. The van der Waals surface area contributed by atoms with Crippen LogP contribution in [0.3, 0.4) is 0 Å². The smallest absolute Gasteiger partial charge is 0.135 e. The standard InChI is InChI=1S/C20H36O3/c1-16(2)18(21)6-5-13-22-14-19-7-10-20(11-8-19,12-9-19)15-23-17(3)4/h16-17H,5-15H2,1-4H3. The van der Waals surface area contributed by atoms with Crippen molar-refractivity contribution in [3.63, 3.8) is 0 Å². The maximum atomic E-state index is 11.6. The van der Waals surface area contributed by atoms with Gasteiger partial charge in [0.1, 0.15) is 5.78 Å². The second kappa shape index (κ2) is 8.11. The SMILES string of the molecule is CC(C)OCC12CCC(COCCCC(=O)C(C)C)(CC1)CC2. The summed E-state index contributed by atoms with van der Waals surface area (Å²) < 4.78 is 11.9. The van der Waals surface area contributed by atoms with Gasteiger partial charge < -0.3 is 9.47 Å². The van der Waals surface area contributed by atoms with E-state index in [0.717, 1.165) is 26.2 Å². The third-order valence-corrected chi connectivity index (χ3v) is 6.04. The largest absolute Gasteiger partial charge is 0.381 e. The summed E-state index contributed by atoms with van der Waals surface area (Å²) in [5.41, 5.74) is 0.872. The molecule has 3 nitrogen and oxygen atoms in total. The highest BCUT2D eigenvalue weighted by molar-refractivity contribution is 5.80. The highest BCUT2D eigenvalue weighted by Crippen LogP contribution is 2.57. The third kappa shape index (κ3) is 5.29. The number of fused-ring (bicyclic) bond motifs is 3. The average molecular weight is 325 g/mol. The number of carbonyl (C=O) groups excluding carboxylic acids is 1. The van der Waals surface area contributed by atoms with Gasteiger partial charge in [0.15, 0.2) is 0 Å². The molecule has 0 aromatic rings. The van der Waals surface area contributed by atoms with Crippen molar-refractivity contribution in [1.82, 2.24) is 0 Å². The third-order valence-electron chi connectivity index (χ3n) is 6.04.